The quantitative estimate of drug-likeness (QED) is 0.359. The van der Waals surface area contributed by atoms with E-state index in [4.69, 9.17) is 9.94 Å². The molecule has 10 nitrogen and oxygen atoms in total. The highest BCUT2D eigenvalue weighted by molar-refractivity contribution is 6.21. The summed E-state index contributed by atoms with van der Waals surface area (Å²) in [6.45, 7) is -0.236. The predicted molar refractivity (Wildman–Crippen MR) is 76.3 cm³/mol. The average molecular weight is 334 g/mol. The van der Waals surface area contributed by atoms with Crippen molar-refractivity contribution in [1.29, 1.82) is 0 Å². The van der Waals surface area contributed by atoms with Crippen molar-refractivity contribution in [2.75, 3.05) is 19.8 Å². The van der Waals surface area contributed by atoms with Gasteiger partial charge in [0.15, 0.2) is 0 Å². The summed E-state index contributed by atoms with van der Waals surface area (Å²) in [5.74, 6) is -2.64. The van der Waals surface area contributed by atoms with Crippen molar-refractivity contribution in [3.8, 4) is 0 Å². The van der Waals surface area contributed by atoms with Crippen LogP contribution in [0.15, 0.2) is 29.5 Å². The zero-order chi connectivity index (χ0) is 17.3. The van der Waals surface area contributed by atoms with Gasteiger partial charge < -0.3 is 15.2 Å². The molecule has 2 aliphatic heterocycles. The van der Waals surface area contributed by atoms with Gasteiger partial charge in [-0.1, -0.05) is 12.1 Å². The van der Waals surface area contributed by atoms with Crippen LogP contribution < -0.4 is 0 Å². The van der Waals surface area contributed by atoms with Crippen LogP contribution in [0.3, 0.4) is 0 Å². The van der Waals surface area contributed by atoms with Gasteiger partial charge in [-0.25, -0.2) is 4.90 Å². The Bertz CT molecular complexity index is 699. The molecule has 126 valence electrons. The van der Waals surface area contributed by atoms with Crippen LogP contribution in [0.4, 0.5) is 0 Å². The summed E-state index contributed by atoms with van der Waals surface area (Å²) < 4.78 is 0. The molecule has 0 spiro atoms. The van der Waals surface area contributed by atoms with Gasteiger partial charge >= 0.3 is 5.97 Å². The van der Waals surface area contributed by atoms with Crippen molar-refractivity contribution < 1.29 is 29.3 Å². The summed E-state index contributed by atoms with van der Waals surface area (Å²) in [7, 11) is 0. The van der Waals surface area contributed by atoms with Crippen LogP contribution in [0.5, 0.6) is 0 Å². The number of carboxylic acid groups (broad SMARTS) is 1. The van der Waals surface area contributed by atoms with Gasteiger partial charge in [0.25, 0.3) is 11.8 Å². The predicted octanol–water partition coefficient (Wildman–Crippen LogP) is 0.456. The number of carbonyl (C=O) groups is 3. The van der Waals surface area contributed by atoms with Gasteiger partial charge in [-0.2, -0.15) is 0 Å². The molecule has 1 N–H and O–H groups in total. The van der Waals surface area contributed by atoms with Gasteiger partial charge in [-0.15, -0.1) is 5.01 Å². The Hall–Kier alpha value is -3.17. The molecule has 0 saturated carbocycles. The Balaban J connectivity index is 1.58. The van der Waals surface area contributed by atoms with Gasteiger partial charge in [-0.3, -0.25) is 14.4 Å². The van der Waals surface area contributed by atoms with Crippen LogP contribution in [0.2, 0.25) is 0 Å². The second-order valence-corrected chi connectivity index (χ2v) is 5.41. The maximum atomic E-state index is 12.1. The van der Waals surface area contributed by atoms with Crippen LogP contribution in [-0.4, -0.2) is 57.6 Å². The van der Waals surface area contributed by atoms with E-state index in [1.807, 2.05) is 0 Å². The lowest BCUT2D eigenvalue weighted by atomic mass is 10.1. The summed E-state index contributed by atoms with van der Waals surface area (Å²) in [5, 5.41) is 25.1. The molecule has 0 aliphatic carbocycles. The Morgan fingerprint density at radius 2 is 1.96 bits per heavy atom. The van der Waals surface area contributed by atoms with E-state index in [1.165, 1.54) is 17.1 Å². The Labute approximate surface area is 136 Å². The van der Waals surface area contributed by atoms with Crippen LogP contribution in [0.25, 0.3) is 0 Å². The number of carbonyl (C=O) groups excluding carboxylic acids is 2. The first-order valence-corrected chi connectivity index (χ1v) is 7.22. The molecule has 2 aliphatic rings. The van der Waals surface area contributed by atoms with Crippen molar-refractivity contribution in [2.24, 2.45) is 11.2 Å². The third-order valence-corrected chi connectivity index (χ3v) is 3.95. The molecule has 0 bridgehead atoms. The molecule has 1 saturated heterocycles. The molecule has 3 rings (SSSR count). The number of hydrazine groups is 1. The number of benzene rings is 1. The normalized spacial score (nSPS) is 20.5. The second kappa shape index (κ2) is 6.14. The number of imide groups is 1. The van der Waals surface area contributed by atoms with Crippen molar-refractivity contribution in [3.05, 3.63) is 40.6 Å². The molecular weight excluding hydrogens is 320 g/mol. The third-order valence-electron chi connectivity index (χ3n) is 3.95. The van der Waals surface area contributed by atoms with E-state index in [2.05, 4.69) is 5.28 Å². The minimum atomic E-state index is -0.974. The number of hydrogen-bond acceptors (Lipinski definition) is 6. The first kappa shape index (κ1) is 15.7. The molecule has 0 aromatic heterocycles. The van der Waals surface area contributed by atoms with E-state index >= 15 is 0 Å². The molecule has 1 fully saturated rings. The van der Waals surface area contributed by atoms with Gasteiger partial charge in [0.1, 0.15) is 0 Å². The maximum Gasteiger partial charge on any atom is 0.308 e. The Kier molecular flexibility index (Phi) is 4.02. The van der Waals surface area contributed by atoms with Crippen LogP contribution in [0.1, 0.15) is 27.1 Å². The van der Waals surface area contributed by atoms with Gasteiger partial charge in [0, 0.05) is 0 Å². The number of hydrogen-bond donors (Lipinski definition) is 1. The molecule has 1 aromatic rings. The van der Waals surface area contributed by atoms with E-state index in [0.717, 1.165) is 4.90 Å². The molecule has 2 amide bonds. The first-order chi connectivity index (χ1) is 11.5. The molecule has 2 heterocycles. The molecule has 10 heteroatoms. The number of rotatable bonds is 5. The minimum absolute atomic E-state index is 0.0265. The highest BCUT2D eigenvalue weighted by Crippen LogP contribution is 2.22. The van der Waals surface area contributed by atoms with Gasteiger partial charge in [0.05, 0.1) is 35.1 Å². The monoisotopic (exact) mass is 334 g/mol. The summed E-state index contributed by atoms with van der Waals surface area (Å²) in [4.78, 5) is 40.8. The van der Waals surface area contributed by atoms with Crippen LogP contribution in [-0.2, 0) is 9.63 Å². The number of nitrogens with zero attached hydrogens (tertiary/aromatic N) is 4. The minimum Gasteiger partial charge on any atom is -0.569 e. The lowest BCUT2D eigenvalue weighted by Crippen LogP contribution is -2.33. The van der Waals surface area contributed by atoms with E-state index in [9.17, 15) is 19.6 Å². The summed E-state index contributed by atoms with van der Waals surface area (Å²) in [6.07, 6.45) is 0.335. The van der Waals surface area contributed by atoms with Crippen molar-refractivity contribution in [1.82, 2.24) is 9.91 Å². The lowest BCUT2D eigenvalue weighted by Gasteiger charge is -2.13. The first-order valence-electron chi connectivity index (χ1n) is 7.22. The topological polar surface area (TPSA) is 126 Å². The van der Waals surface area contributed by atoms with Crippen molar-refractivity contribution in [3.63, 3.8) is 0 Å². The molecule has 1 aromatic carbocycles. The smallest absolute Gasteiger partial charge is 0.308 e. The van der Waals surface area contributed by atoms with Crippen molar-refractivity contribution in [2.45, 2.75) is 6.42 Å². The summed E-state index contributed by atoms with van der Waals surface area (Å²) in [5.41, 5.74) is 0.544. The number of amides is 2. The fraction of sp³-hybridized carbons (Fsp3) is 0.357. The molecular formula is C14H14N4O6. The van der Waals surface area contributed by atoms with Gasteiger partial charge in [0.2, 0.25) is 12.0 Å². The number of fused-ring (bicyclic) bond motifs is 1. The Morgan fingerprint density at radius 3 is 2.50 bits per heavy atom. The zero-order valence-corrected chi connectivity index (χ0v) is 12.5. The van der Waals surface area contributed by atoms with Crippen LogP contribution in [0, 0.1) is 11.1 Å². The fourth-order valence-corrected chi connectivity index (χ4v) is 2.64. The molecule has 0 radical (unpaired) electrons. The second-order valence-electron chi connectivity index (χ2n) is 5.41. The zero-order valence-electron chi connectivity index (χ0n) is 12.5. The number of carboxylic acids is 1. The molecule has 24 heavy (non-hydrogen) atoms. The maximum absolute atomic E-state index is 12.1. The van der Waals surface area contributed by atoms with E-state index in [1.54, 1.807) is 12.1 Å². The Morgan fingerprint density at radius 1 is 1.33 bits per heavy atom. The third kappa shape index (κ3) is 2.73. The van der Waals surface area contributed by atoms with Crippen LogP contribution >= 0.6 is 0 Å². The average Bonchev–Trinajstić information content (AvgIpc) is 3.15. The highest BCUT2D eigenvalue weighted by Gasteiger charge is 2.36. The van der Waals surface area contributed by atoms with Crippen molar-refractivity contribution >= 4 is 17.8 Å². The standard InChI is InChI=1S/C14H14N4O6/c19-12-10-3-1-2-4-11(10)13(20)17(12)8-24-15-18(23)16-6-5-9(7-16)14(21)22/h1-4,9H,5-8H2,(H,21,22)/b18-15-. The summed E-state index contributed by atoms with van der Waals surface area (Å²) in [6, 6.07) is 6.35. The molecule has 1 unspecified atom stereocenters. The summed E-state index contributed by atoms with van der Waals surface area (Å²) >= 11 is 0. The SMILES string of the molecule is O=C(O)C1CCN(/[N+]([O-])=N/OCN2C(=O)c3ccccc3C2=O)C1. The molecule has 1 atom stereocenters. The van der Waals surface area contributed by atoms with Gasteiger partial charge in [-0.05, 0) is 18.6 Å². The lowest BCUT2D eigenvalue weighted by molar-refractivity contribution is -0.708. The van der Waals surface area contributed by atoms with E-state index in [-0.39, 0.29) is 29.2 Å². The van der Waals surface area contributed by atoms with E-state index in [0.29, 0.717) is 6.42 Å². The van der Waals surface area contributed by atoms with E-state index < -0.39 is 30.4 Å². The number of aliphatic carboxylic acids is 1. The fourth-order valence-electron chi connectivity index (χ4n) is 2.64. The highest BCUT2D eigenvalue weighted by atomic mass is 16.7. The largest absolute Gasteiger partial charge is 0.569 e.